The maximum absolute atomic E-state index is 14.7. The summed E-state index contributed by atoms with van der Waals surface area (Å²) >= 11 is 7.14. The van der Waals surface area contributed by atoms with Gasteiger partial charge in [0.15, 0.2) is 0 Å². The Morgan fingerprint density at radius 1 is 0.540 bits per heavy atom. The molecule has 0 aromatic carbocycles. The molecule has 3 aliphatic heterocycles. The molecule has 9 heteroatoms. The number of thiophene rings is 4. The van der Waals surface area contributed by atoms with Gasteiger partial charge in [0.05, 0.1) is 42.0 Å². The van der Waals surface area contributed by atoms with Crippen molar-refractivity contribution in [2.75, 3.05) is 13.1 Å². The molecule has 4 aromatic rings. The van der Waals surface area contributed by atoms with Crippen molar-refractivity contribution in [3.63, 3.8) is 0 Å². The highest BCUT2D eigenvalue weighted by Crippen LogP contribution is 2.58. The molecule has 4 aromatic heterocycles. The van der Waals surface area contributed by atoms with E-state index in [0.29, 0.717) is 36.1 Å². The minimum absolute atomic E-state index is 0. The Balaban J connectivity index is 0.00000661. The highest BCUT2D eigenvalue weighted by Gasteiger charge is 2.50. The molecule has 2 unspecified atom stereocenters. The summed E-state index contributed by atoms with van der Waals surface area (Å²) in [5, 5.41) is 0. The van der Waals surface area contributed by atoms with Crippen LogP contribution in [0.2, 0.25) is 0 Å². The lowest BCUT2D eigenvalue weighted by atomic mass is 9.78. The number of nitrogens with zero attached hydrogens (tertiary/aromatic N) is 2. The number of ether oxygens (including phenoxy) is 1. The zero-order valence-corrected chi connectivity index (χ0v) is 42.9. The molecule has 7 heterocycles. The third-order valence-corrected chi connectivity index (χ3v) is 17.6. The molecule has 63 heavy (non-hydrogen) atoms. The summed E-state index contributed by atoms with van der Waals surface area (Å²) < 4.78 is 7.42. The van der Waals surface area contributed by atoms with Gasteiger partial charge in [-0.25, -0.2) is 0 Å². The van der Waals surface area contributed by atoms with Gasteiger partial charge in [-0.3, -0.25) is 9.59 Å². The van der Waals surface area contributed by atoms with Crippen LogP contribution in [0.4, 0.5) is 0 Å². The highest BCUT2D eigenvalue weighted by atomic mass is 32.1. The van der Waals surface area contributed by atoms with Gasteiger partial charge in [-0.2, -0.15) is 0 Å². The highest BCUT2D eigenvalue weighted by molar-refractivity contribution is 7.27. The number of fused-ring (bicyclic) bond motifs is 4. The van der Waals surface area contributed by atoms with Gasteiger partial charge in [-0.15, -0.1) is 45.3 Å². The summed E-state index contributed by atoms with van der Waals surface area (Å²) in [7, 11) is 0. The van der Waals surface area contributed by atoms with Crippen molar-refractivity contribution in [2.24, 2.45) is 35.5 Å². The van der Waals surface area contributed by atoms with E-state index >= 15 is 0 Å². The molecule has 0 N–H and O–H groups in total. The van der Waals surface area contributed by atoms with Crippen LogP contribution in [0.1, 0.15) is 166 Å². The summed E-state index contributed by atoms with van der Waals surface area (Å²) in [5.41, 5.74) is 3.70. The molecule has 5 nitrogen and oxygen atoms in total. The quantitative estimate of drug-likeness (QED) is 0.0836. The van der Waals surface area contributed by atoms with Crippen LogP contribution < -0.4 is 4.74 Å². The second-order valence-electron chi connectivity index (χ2n) is 20.6. The van der Waals surface area contributed by atoms with Crippen molar-refractivity contribution in [2.45, 2.75) is 160 Å². The lowest BCUT2D eigenvalue weighted by Crippen LogP contribution is -2.36. The van der Waals surface area contributed by atoms with Crippen molar-refractivity contribution in [1.82, 2.24) is 9.80 Å². The van der Waals surface area contributed by atoms with E-state index in [9.17, 15) is 9.59 Å². The van der Waals surface area contributed by atoms with E-state index < -0.39 is 0 Å². The first kappa shape index (κ1) is 49.5. The van der Waals surface area contributed by atoms with Crippen molar-refractivity contribution in [3.8, 4) is 25.3 Å². The Morgan fingerprint density at radius 3 is 1.54 bits per heavy atom. The van der Waals surface area contributed by atoms with Gasteiger partial charge in [-0.1, -0.05) is 115 Å². The number of carbonyl (C=O) groups excluding carboxylic acids is 2. The first-order valence-corrected chi connectivity index (χ1v) is 27.0. The van der Waals surface area contributed by atoms with Crippen LogP contribution in [0.25, 0.3) is 30.9 Å². The Hall–Kier alpha value is -2.98. The average molecular weight is 929 g/mol. The van der Waals surface area contributed by atoms with Crippen LogP contribution in [-0.2, 0) is 15.2 Å². The summed E-state index contributed by atoms with van der Waals surface area (Å²) in [4.78, 5) is 42.7. The van der Waals surface area contributed by atoms with E-state index in [1.807, 2.05) is 32.5 Å². The van der Waals surface area contributed by atoms with Gasteiger partial charge >= 0.3 is 0 Å². The Bertz CT molecular complexity index is 2270. The number of hydrogen-bond donors (Lipinski definition) is 0. The predicted octanol–water partition coefficient (Wildman–Crippen LogP) is 16.7. The minimum atomic E-state index is -0.383. The SMILES string of the molecule is C.Cc1ccc(C2=C3C(=O)N(CC(C)C)C(c4ccc(-c5cc6c(s5)-c5sc(C)cc5OC6(CCC(C)CCCC(C)C)CCC(C)CCCC(C)C)s4)=C3C(=O)N2CC(C)C)s1. The van der Waals surface area contributed by atoms with Gasteiger partial charge in [0.25, 0.3) is 11.8 Å². The smallest absolute Gasteiger partial charge is 0.261 e. The Labute approximate surface area is 397 Å². The Kier molecular flexibility index (Phi) is 16.2. The van der Waals surface area contributed by atoms with Crippen molar-refractivity contribution < 1.29 is 14.3 Å². The van der Waals surface area contributed by atoms with Crippen LogP contribution in [0.5, 0.6) is 5.75 Å². The van der Waals surface area contributed by atoms with Crippen LogP contribution >= 0.6 is 45.3 Å². The largest absolute Gasteiger partial charge is 0.481 e. The van der Waals surface area contributed by atoms with E-state index in [0.717, 1.165) is 64.4 Å². The summed E-state index contributed by atoms with van der Waals surface area (Å²) in [5.74, 6) is 4.21. The van der Waals surface area contributed by atoms with Gasteiger partial charge in [0, 0.05) is 38.2 Å². The zero-order chi connectivity index (χ0) is 44.6. The van der Waals surface area contributed by atoms with Crippen LogP contribution in [0, 0.1) is 49.4 Å². The third-order valence-electron chi connectivity index (χ3n) is 12.9. The molecule has 2 atom stereocenters. The molecule has 0 bridgehead atoms. The maximum Gasteiger partial charge on any atom is 0.261 e. The van der Waals surface area contributed by atoms with Crippen molar-refractivity contribution >= 4 is 68.6 Å². The first-order chi connectivity index (χ1) is 29.5. The van der Waals surface area contributed by atoms with Crippen LogP contribution in [0.15, 0.2) is 47.5 Å². The number of aryl methyl sites for hydroxylation is 2. The molecule has 344 valence electrons. The monoisotopic (exact) mass is 928 g/mol. The molecule has 0 fully saturated rings. The fraction of sp³-hybridized carbons (Fsp3) is 0.593. The normalized spacial score (nSPS) is 18.3. The predicted molar refractivity (Wildman–Crippen MR) is 275 cm³/mol. The van der Waals surface area contributed by atoms with E-state index in [-0.39, 0.29) is 36.7 Å². The second kappa shape index (κ2) is 20.7. The summed E-state index contributed by atoms with van der Waals surface area (Å²) in [6.45, 7) is 28.3. The lowest BCUT2D eigenvalue weighted by molar-refractivity contribution is -0.124. The number of rotatable bonds is 21. The van der Waals surface area contributed by atoms with E-state index in [1.54, 1.807) is 22.7 Å². The third kappa shape index (κ3) is 10.7. The molecule has 3 aliphatic rings. The summed E-state index contributed by atoms with van der Waals surface area (Å²) in [6.07, 6.45) is 12.0. The second-order valence-corrected chi connectivity index (χ2v) is 25.3. The summed E-state index contributed by atoms with van der Waals surface area (Å²) in [6, 6.07) is 13.3. The fourth-order valence-electron chi connectivity index (χ4n) is 9.65. The molecule has 0 radical (unpaired) electrons. The average Bonchev–Trinajstić information content (AvgIpc) is 4.05. The zero-order valence-electron chi connectivity index (χ0n) is 39.7. The van der Waals surface area contributed by atoms with E-state index in [2.05, 4.69) is 119 Å². The first-order valence-electron chi connectivity index (χ1n) is 23.7. The number of carbonyl (C=O) groups is 2. The molecule has 0 spiro atoms. The number of amides is 2. The van der Waals surface area contributed by atoms with Crippen molar-refractivity contribution in [3.05, 3.63) is 72.6 Å². The fourth-order valence-corrected chi connectivity index (χ4v) is 14.1. The van der Waals surface area contributed by atoms with Gasteiger partial charge < -0.3 is 14.5 Å². The lowest BCUT2D eigenvalue weighted by Gasteiger charge is -2.39. The van der Waals surface area contributed by atoms with E-state index in [1.165, 1.54) is 73.4 Å². The molecule has 0 saturated carbocycles. The molecule has 0 aliphatic carbocycles. The molecule has 7 rings (SSSR count). The Morgan fingerprint density at radius 2 is 1.05 bits per heavy atom. The molecule has 0 saturated heterocycles. The van der Waals surface area contributed by atoms with Crippen LogP contribution in [-0.4, -0.2) is 34.7 Å². The minimum Gasteiger partial charge on any atom is -0.481 e. The van der Waals surface area contributed by atoms with Gasteiger partial charge in [-0.05, 0) is 111 Å². The van der Waals surface area contributed by atoms with E-state index in [4.69, 9.17) is 4.74 Å². The maximum atomic E-state index is 14.7. The van der Waals surface area contributed by atoms with Gasteiger partial charge in [0.1, 0.15) is 11.4 Å². The molecular weight excluding hydrogens is 853 g/mol. The van der Waals surface area contributed by atoms with Crippen LogP contribution in [0.3, 0.4) is 0 Å². The molecular formula is C54H76N2O3S4. The standard InChI is InChI=1S/C53H72N2O3S4.CH4/c1-31(2)15-13-17-35(9)23-25-53(26-24-36(10)18-14-16-32(3)4)39-28-44(62-49(39)50-40(58-53)27-38(12)60-50)41-21-22-43(61-41)48-46-45(51(56)55(48)30-34(7)8)47(42-20-19-37(11)59-42)54(52(46)57)29-33(5)6;/h19-22,27-28,31-36H,13-18,23-26,29-30H2,1-12H3;1H4. The topological polar surface area (TPSA) is 49.9 Å². The molecule has 2 amide bonds. The number of hydrogen-bond acceptors (Lipinski definition) is 7. The van der Waals surface area contributed by atoms with Gasteiger partial charge in [0.2, 0.25) is 0 Å². The van der Waals surface area contributed by atoms with Crippen molar-refractivity contribution in [1.29, 1.82) is 0 Å².